The molecule has 0 heterocycles. The summed E-state index contributed by atoms with van der Waals surface area (Å²) in [5.41, 5.74) is 4.53. The average Bonchev–Trinajstić information content (AvgIpc) is 2.33. The number of allylic oxidation sites excluding steroid dienone is 2. The van der Waals surface area contributed by atoms with Gasteiger partial charge in [0.05, 0.1) is 0 Å². The largest absolute Gasteiger partial charge is 0.250 e. The molecule has 1 aromatic rings. The second kappa shape index (κ2) is 7.15. The highest BCUT2D eigenvalue weighted by molar-refractivity contribution is 8.14. The fraction of sp³-hybridized carbons (Fsp3) is 0.235. The zero-order chi connectivity index (χ0) is 14.4. The third-order valence-corrected chi connectivity index (χ3v) is 3.71. The number of aryl methyl sites for hydroxylation is 1. The van der Waals surface area contributed by atoms with Gasteiger partial charge < -0.3 is 0 Å². The van der Waals surface area contributed by atoms with Crippen LogP contribution in [0.25, 0.3) is 5.57 Å². The first-order chi connectivity index (χ1) is 8.95. The van der Waals surface area contributed by atoms with Gasteiger partial charge in [-0.1, -0.05) is 42.6 Å². The maximum Gasteiger partial charge on any atom is 0.103 e. The number of aliphatic imine (C=N–C) groups is 1. The van der Waals surface area contributed by atoms with Crippen LogP contribution in [0.2, 0.25) is 0 Å². The van der Waals surface area contributed by atoms with Gasteiger partial charge in [-0.15, -0.1) is 0 Å². The van der Waals surface area contributed by atoms with Crippen LogP contribution in [0.3, 0.4) is 0 Å². The van der Waals surface area contributed by atoms with E-state index in [9.17, 15) is 0 Å². The summed E-state index contributed by atoms with van der Waals surface area (Å²) in [4.78, 5) is 5.58. The van der Waals surface area contributed by atoms with Crippen molar-refractivity contribution in [3.05, 3.63) is 60.3 Å². The fourth-order valence-electron chi connectivity index (χ4n) is 1.66. The molecule has 0 amide bonds. The molecule has 0 fully saturated rings. The first-order valence-corrected chi connectivity index (χ1v) is 7.06. The van der Waals surface area contributed by atoms with Gasteiger partial charge in [0.2, 0.25) is 0 Å². The third kappa shape index (κ3) is 4.56. The molecule has 0 atom stereocenters. The summed E-state index contributed by atoms with van der Waals surface area (Å²) in [6.07, 6.45) is 3.71. The highest BCUT2D eigenvalue weighted by atomic mass is 32.2. The molecule has 19 heavy (non-hydrogen) atoms. The van der Waals surface area contributed by atoms with E-state index in [1.165, 1.54) is 16.0 Å². The molecule has 100 valence electrons. The van der Waals surface area contributed by atoms with E-state index in [1.54, 1.807) is 18.0 Å². The van der Waals surface area contributed by atoms with E-state index in [0.29, 0.717) is 0 Å². The topological polar surface area (TPSA) is 12.4 Å². The number of rotatable bonds is 4. The van der Waals surface area contributed by atoms with Gasteiger partial charge in [0, 0.05) is 11.1 Å². The van der Waals surface area contributed by atoms with Crippen LogP contribution in [-0.2, 0) is 0 Å². The molecule has 0 unspecified atom stereocenters. The van der Waals surface area contributed by atoms with Crippen LogP contribution in [0.15, 0.2) is 59.1 Å². The smallest absolute Gasteiger partial charge is 0.103 e. The molecule has 0 N–H and O–H groups in total. The van der Waals surface area contributed by atoms with E-state index in [2.05, 4.69) is 43.3 Å². The van der Waals surface area contributed by atoms with Crippen LogP contribution >= 0.6 is 11.8 Å². The molecule has 1 nitrogen and oxygen atoms in total. The molecule has 1 rings (SSSR count). The highest BCUT2D eigenvalue weighted by Crippen LogP contribution is 2.27. The monoisotopic (exact) mass is 271 g/mol. The molecule has 0 aliphatic carbocycles. The number of benzene rings is 1. The van der Waals surface area contributed by atoms with Gasteiger partial charge in [-0.05, 0) is 56.5 Å². The summed E-state index contributed by atoms with van der Waals surface area (Å²) in [6, 6.07) is 6.39. The number of thioether (sulfide) groups is 1. The van der Waals surface area contributed by atoms with Crippen molar-refractivity contribution in [2.45, 2.75) is 32.6 Å². The summed E-state index contributed by atoms with van der Waals surface area (Å²) in [5, 5.41) is 0.945. The molecule has 1 aromatic carbocycles. The summed E-state index contributed by atoms with van der Waals surface area (Å²) in [7, 11) is 0. The average molecular weight is 271 g/mol. The van der Waals surface area contributed by atoms with Crippen molar-refractivity contribution < 1.29 is 0 Å². The molecule has 0 aromatic heterocycles. The van der Waals surface area contributed by atoms with E-state index in [0.717, 1.165) is 16.2 Å². The zero-order valence-electron chi connectivity index (χ0n) is 12.2. The normalized spacial score (nSPS) is 11.9. The second-order valence-electron chi connectivity index (χ2n) is 4.56. The molecule has 0 aliphatic heterocycles. The lowest BCUT2D eigenvalue weighted by molar-refractivity contribution is 1.33. The molecule has 2 heteroatoms. The summed E-state index contributed by atoms with van der Waals surface area (Å²) >= 11 is 1.64. The lowest BCUT2D eigenvalue weighted by Gasteiger charge is -2.09. The Balaban J connectivity index is 3.02. The standard InChI is InChI=1S/C17H21NS/c1-7-10-18-17(13(4)5)19-15-8-9-16(12(2)3)14(6)11-15/h7-11H,2,4H2,1,3,5-6H3/b10-7-,18-17+. The van der Waals surface area contributed by atoms with Gasteiger partial charge >= 0.3 is 0 Å². The van der Waals surface area contributed by atoms with Crippen molar-refractivity contribution >= 4 is 22.4 Å². The zero-order valence-corrected chi connectivity index (χ0v) is 13.0. The lowest BCUT2D eigenvalue weighted by Crippen LogP contribution is -1.93. The van der Waals surface area contributed by atoms with E-state index >= 15 is 0 Å². The van der Waals surface area contributed by atoms with Gasteiger partial charge in [-0.25, -0.2) is 4.99 Å². The van der Waals surface area contributed by atoms with E-state index < -0.39 is 0 Å². The Morgan fingerprint density at radius 2 is 1.95 bits per heavy atom. The van der Waals surface area contributed by atoms with Gasteiger partial charge in [-0.3, -0.25) is 0 Å². The van der Waals surface area contributed by atoms with E-state index in [4.69, 9.17) is 0 Å². The highest BCUT2D eigenvalue weighted by Gasteiger charge is 2.06. The quantitative estimate of drug-likeness (QED) is 0.393. The molecule has 0 saturated carbocycles. The van der Waals surface area contributed by atoms with Crippen molar-refractivity contribution in [2.24, 2.45) is 4.99 Å². The van der Waals surface area contributed by atoms with Crippen molar-refractivity contribution in [1.82, 2.24) is 0 Å². The molecular weight excluding hydrogens is 250 g/mol. The van der Waals surface area contributed by atoms with Gasteiger partial charge in [0.1, 0.15) is 5.04 Å². The van der Waals surface area contributed by atoms with Crippen LogP contribution < -0.4 is 0 Å². The molecule has 0 saturated heterocycles. The summed E-state index contributed by atoms with van der Waals surface area (Å²) in [5.74, 6) is 0. The predicted molar refractivity (Wildman–Crippen MR) is 88.8 cm³/mol. The lowest BCUT2D eigenvalue weighted by atomic mass is 10.0. The molecule has 0 spiro atoms. The van der Waals surface area contributed by atoms with Crippen molar-refractivity contribution in [3.8, 4) is 0 Å². The van der Waals surface area contributed by atoms with Gasteiger partial charge in [-0.2, -0.15) is 0 Å². The molecule has 0 aliphatic rings. The van der Waals surface area contributed by atoms with Crippen LogP contribution in [0.5, 0.6) is 0 Å². The fourth-order valence-corrected chi connectivity index (χ4v) is 2.54. The van der Waals surface area contributed by atoms with E-state index in [-0.39, 0.29) is 0 Å². The van der Waals surface area contributed by atoms with Crippen LogP contribution in [-0.4, -0.2) is 5.04 Å². The Morgan fingerprint density at radius 1 is 1.26 bits per heavy atom. The Hall–Kier alpha value is -1.54. The number of hydrogen-bond acceptors (Lipinski definition) is 2. The third-order valence-electron chi connectivity index (χ3n) is 2.58. The Kier molecular flexibility index (Phi) is 5.84. The van der Waals surface area contributed by atoms with Gasteiger partial charge in [0.15, 0.2) is 0 Å². The molecule has 0 bridgehead atoms. The van der Waals surface area contributed by atoms with E-state index in [1.807, 2.05) is 26.8 Å². The SMILES string of the molecule is C=C(C)/C(=N\C=C/C)Sc1ccc(C(=C)C)c(C)c1. The predicted octanol–water partition coefficient (Wildman–Crippen LogP) is 5.63. The maximum atomic E-state index is 4.41. The number of hydrogen-bond donors (Lipinski definition) is 0. The van der Waals surface area contributed by atoms with Crippen LogP contribution in [0, 0.1) is 6.92 Å². The minimum absolute atomic E-state index is 0.945. The van der Waals surface area contributed by atoms with Crippen molar-refractivity contribution in [3.63, 3.8) is 0 Å². The Labute approximate surface area is 120 Å². The summed E-state index contributed by atoms with van der Waals surface area (Å²) in [6.45, 7) is 16.0. The Morgan fingerprint density at radius 3 is 2.42 bits per heavy atom. The van der Waals surface area contributed by atoms with Crippen molar-refractivity contribution in [1.29, 1.82) is 0 Å². The summed E-state index contributed by atoms with van der Waals surface area (Å²) < 4.78 is 0. The maximum absolute atomic E-state index is 4.41. The van der Waals surface area contributed by atoms with Gasteiger partial charge in [0.25, 0.3) is 0 Å². The molecular formula is C17H21NS. The minimum atomic E-state index is 0.945. The first kappa shape index (κ1) is 15.5. The minimum Gasteiger partial charge on any atom is -0.250 e. The van der Waals surface area contributed by atoms with Crippen LogP contribution in [0.1, 0.15) is 31.9 Å². The first-order valence-electron chi connectivity index (χ1n) is 6.25. The molecule has 0 radical (unpaired) electrons. The number of nitrogens with zero attached hydrogens (tertiary/aromatic N) is 1. The Bertz CT molecular complexity index is 550. The van der Waals surface area contributed by atoms with Crippen molar-refractivity contribution in [2.75, 3.05) is 0 Å². The van der Waals surface area contributed by atoms with Crippen LogP contribution in [0.4, 0.5) is 0 Å². The second-order valence-corrected chi connectivity index (χ2v) is 5.62.